The van der Waals surface area contributed by atoms with Crippen LogP contribution in [0.5, 0.6) is 0 Å². The van der Waals surface area contributed by atoms with E-state index in [-0.39, 0.29) is 5.78 Å². The zero-order valence-corrected chi connectivity index (χ0v) is 10.8. The molecule has 0 amide bonds. The van der Waals surface area contributed by atoms with Crippen molar-refractivity contribution < 1.29 is 9.53 Å². The van der Waals surface area contributed by atoms with Gasteiger partial charge in [0.1, 0.15) is 0 Å². The molecule has 0 bridgehead atoms. The van der Waals surface area contributed by atoms with E-state index >= 15 is 0 Å². The van der Waals surface area contributed by atoms with Gasteiger partial charge >= 0.3 is 0 Å². The van der Waals surface area contributed by atoms with Crippen LogP contribution in [0.4, 0.5) is 0 Å². The SMILES string of the molecule is C1CCOC1.O=C1C=CC=C2C1=Cc1ccccc12. The second kappa shape index (κ2) is 5.37. The average molecular weight is 252 g/mol. The first kappa shape index (κ1) is 12.1. The van der Waals surface area contributed by atoms with Crippen LogP contribution in [0.3, 0.4) is 0 Å². The molecular weight excluding hydrogens is 236 g/mol. The summed E-state index contributed by atoms with van der Waals surface area (Å²) in [5, 5.41) is 0. The Balaban J connectivity index is 0.000000187. The van der Waals surface area contributed by atoms with Crippen LogP contribution in [0, 0.1) is 0 Å². The molecule has 96 valence electrons. The Kier molecular flexibility index (Phi) is 3.43. The van der Waals surface area contributed by atoms with Crippen molar-refractivity contribution in [1.82, 2.24) is 0 Å². The summed E-state index contributed by atoms with van der Waals surface area (Å²) in [4.78, 5) is 11.5. The van der Waals surface area contributed by atoms with Crippen LogP contribution in [0.2, 0.25) is 0 Å². The lowest BCUT2D eigenvalue weighted by molar-refractivity contribution is -0.110. The third-order valence-corrected chi connectivity index (χ3v) is 3.44. The summed E-state index contributed by atoms with van der Waals surface area (Å²) in [5.41, 5.74) is 4.20. The van der Waals surface area contributed by atoms with E-state index in [0.717, 1.165) is 29.9 Å². The second-order valence-corrected chi connectivity index (χ2v) is 4.77. The van der Waals surface area contributed by atoms with E-state index in [0.29, 0.717) is 0 Å². The lowest BCUT2D eigenvalue weighted by atomic mass is 9.96. The van der Waals surface area contributed by atoms with Gasteiger partial charge in [0.2, 0.25) is 0 Å². The molecule has 0 aromatic heterocycles. The van der Waals surface area contributed by atoms with Crippen LogP contribution in [-0.2, 0) is 9.53 Å². The number of hydrogen-bond donors (Lipinski definition) is 0. The maximum Gasteiger partial charge on any atom is 0.186 e. The Morgan fingerprint density at radius 3 is 2.53 bits per heavy atom. The first-order chi connectivity index (χ1) is 9.36. The summed E-state index contributed by atoms with van der Waals surface area (Å²) in [5.74, 6) is 0.110. The molecule has 1 saturated heterocycles. The molecule has 2 nitrogen and oxygen atoms in total. The Morgan fingerprint density at radius 2 is 1.79 bits per heavy atom. The van der Waals surface area contributed by atoms with Crippen LogP contribution in [0.1, 0.15) is 24.0 Å². The van der Waals surface area contributed by atoms with Crippen LogP contribution < -0.4 is 0 Å². The number of fused-ring (bicyclic) bond motifs is 3. The van der Waals surface area contributed by atoms with Gasteiger partial charge in [-0.2, -0.15) is 0 Å². The predicted molar refractivity (Wildman–Crippen MR) is 76.6 cm³/mol. The molecule has 0 spiro atoms. The smallest absolute Gasteiger partial charge is 0.186 e. The van der Waals surface area contributed by atoms with Gasteiger partial charge in [-0.3, -0.25) is 4.79 Å². The van der Waals surface area contributed by atoms with Crippen molar-refractivity contribution in [2.45, 2.75) is 12.8 Å². The summed E-state index contributed by atoms with van der Waals surface area (Å²) in [7, 11) is 0. The van der Waals surface area contributed by atoms with Crippen LogP contribution in [0.25, 0.3) is 11.6 Å². The van der Waals surface area contributed by atoms with Gasteiger partial charge in [0.15, 0.2) is 5.78 Å². The Hall–Kier alpha value is -1.93. The molecule has 4 rings (SSSR count). The number of carbonyl (C=O) groups is 1. The molecule has 2 heteroatoms. The van der Waals surface area contributed by atoms with Gasteiger partial charge in [-0.05, 0) is 41.7 Å². The van der Waals surface area contributed by atoms with Gasteiger partial charge in [0, 0.05) is 18.8 Å². The Bertz CT molecular complexity index is 579. The standard InChI is InChI=1S/C13H8O.C4H8O/c14-13-7-3-6-11-10-5-2-1-4-9(10)8-12(11)13;1-2-4-5-3-1/h1-8H;1-4H2. The quantitative estimate of drug-likeness (QED) is 0.707. The number of rotatable bonds is 0. The highest BCUT2D eigenvalue weighted by Gasteiger charge is 2.23. The van der Waals surface area contributed by atoms with E-state index in [1.165, 1.54) is 18.4 Å². The van der Waals surface area contributed by atoms with E-state index in [2.05, 4.69) is 6.07 Å². The third kappa shape index (κ3) is 2.45. The van der Waals surface area contributed by atoms with Crippen molar-refractivity contribution in [3.8, 4) is 0 Å². The minimum absolute atomic E-state index is 0.110. The third-order valence-electron chi connectivity index (χ3n) is 3.44. The summed E-state index contributed by atoms with van der Waals surface area (Å²) < 4.78 is 4.94. The van der Waals surface area contributed by atoms with E-state index in [9.17, 15) is 4.79 Å². The van der Waals surface area contributed by atoms with Crippen molar-refractivity contribution in [3.63, 3.8) is 0 Å². The monoisotopic (exact) mass is 252 g/mol. The second-order valence-electron chi connectivity index (χ2n) is 4.77. The Labute approximate surface area is 113 Å². The molecule has 1 heterocycles. The molecule has 0 saturated carbocycles. The van der Waals surface area contributed by atoms with Crippen molar-refractivity contribution >= 4 is 17.4 Å². The summed E-state index contributed by atoms with van der Waals surface area (Å²) >= 11 is 0. The van der Waals surface area contributed by atoms with Crippen molar-refractivity contribution in [3.05, 3.63) is 59.2 Å². The topological polar surface area (TPSA) is 26.3 Å². The lowest BCUT2D eigenvalue weighted by Crippen LogP contribution is -2.00. The van der Waals surface area contributed by atoms with E-state index in [4.69, 9.17) is 4.74 Å². The molecular formula is C17H16O2. The maximum absolute atomic E-state index is 11.5. The molecule has 2 aliphatic carbocycles. The minimum Gasteiger partial charge on any atom is -0.381 e. The Morgan fingerprint density at radius 1 is 1.00 bits per heavy atom. The molecule has 0 N–H and O–H groups in total. The molecule has 0 radical (unpaired) electrons. The van der Waals surface area contributed by atoms with E-state index in [1.807, 2.05) is 36.4 Å². The number of benzene rings is 1. The van der Waals surface area contributed by atoms with E-state index < -0.39 is 0 Å². The number of hydrogen-bond acceptors (Lipinski definition) is 2. The molecule has 19 heavy (non-hydrogen) atoms. The normalized spacial score (nSPS) is 19.1. The molecule has 1 aromatic carbocycles. The molecule has 1 aliphatic heterocycles. The largest absolute Gasteiger partial charge is 0.381 e. The highest BCUT2D eigenvalue weighted by molar-refractivity contribution is 6.23. The minimum atomic E-state index is 0.110. The molecule has 3 aliphatic rings. The summed E-state index contributed by atoms with van der Waals surface area (Å²) in [6.45, 7) is 2.00. The summed E-state index contributed by atoms with van der Waals surface area (Å²) in [6, 6.07) is 8.08. The average Bonchev–Trinajstić information content (AvgIpc) is 3.10. The zero-order valence-electron chi connectivity index (χ0n) is 10.8. The van der Waals surface area contributed by atoms with Crippen molar-refractivity contribution in [2.24, 2.45) is 0 Å². The molecule has 0 unspecified atom stereocenters. The summed E-state index contributed by atoms with van der Waals surface area (Å²) in [6.07, 6.45) is 9.95. The van der Waals surface area contributed by atoms with Crippen molar-refractivity contribution in [1.29, 1.82) is 0 Å². The molecule has 1 aromatic rings. The highest BCUT2D eigenvalue weighted by Crippen LogP contribution is 2.37. The first-order valence-corrected chi connectivity index (χ1v) is 6.68. The van der Waals surface area contributed by atoms with Crippen LogP contribution in [-0.4, -0.2) is 19.0 Å². The molecule has 0 atom stereocenters. The first-order valence-electron chi connectivity index (χ1n) is 6.68. The van der Waals surface area contributed by atoms with Gasteiger partial charge in [0.05, 0.1) is 0 Å². The molecule has 1 fully saturated rings. The van der Waals surface area contributed by atoms with Gasteiger partial charge < -0.3 is 4.74 Å². The number of ether oxygens (including phenoxy) is 1. The maximum atomic E-state index is 11.5. The van der Waals surface area contributed by atoms with Gasteiger partial charge in [-0.15, -0.1) is 0 Å². The van der Waals surface area contributed by atoms with Crippen molar-refractivity contribution in [2.75, 3.05) is 13.2 Å². The van der Waals surface area contributed by atoms with Gasteiger partial charge in [0.25, 0.3) is 0 Å². The van der Waals surface area contributed by atoms with Crippen LogP contribution >= 0.6 is 0 Å². The lowest BCUT2D eigenvalue weighted by Gasteiger charge is -2.06. The van der Waals surface area contributed by atoms with E-state index in [1.54, 1.807) is 6.08 Å². The fourth-order valence-electron chi connectivity index (χ4n) is 2.46. The zero-order chi connectivity index (χ0) is 13.1. The highest BCUT2D eigenvalue weighted by atomic mass is 16.5. The number of allylic oxidation sites excluding steroid dienone is 5. The fraction of sp³-hybridized carbons (Fsp3) is 0.235. The fourth-order valence-corrected chi connectivity index (χ4v) is 2.46. The van der Waals surface area contributed by atoms with Gasteiger partial charge in [-0.25, -0.2) is 0 Å². The van der Waals surface area contributed by atoms with Gasteiger partial charge in [-0.1, -0.05) is 36.4 Å². The van der Waals surface area contributed by atoms with Crippen LogP contribution in [0.15, 0.2) is 48.1 Å². The number of carbonyl (C=O) groups excluding carboxylic acids is 1. The number of ketones is 1. The predicted octanol–water partition coefficient (Wildman–Crippen LogP) is 3.40.